The van der Waals surface area contributed by atoms with Gasteiger partial charge in [-0.25, -0.2) is 0 Å². The Kier molecular flexibility index (Phi) is 2.55. The second-order valence-corrected chi connectivity index (χ2v) is 3.31. The minimum atomic E-state index is -0.0529. The molecule has 1 heterocycles. The summed E-state index contributed by atoms with van der Waals surface area (Å²) in [5, 5.41) is 11.3. The number of hydrogen-bond donors (Lipinski definition) is 1. The maximum atomic E-state index is 11.3. The van der Waals surface area contributed by atoms with Crippen LogP contribution in [0.15, 0.2) is 18.2 Å². The van der Waals surface area contributed by atoms with Gasteiger partial charge in [0.2, 0.25) is 5.91 Å². The molecule has 1 N–H and O–H groups in total. The maximum absolute atomic E-state index is 11.3. The molecule has 0 unspecified atom stereocenters. The zero-order valence-corrected chi connectivity index (χ0v) is 8.12. The second-order valence-electron chi connectivity index (χ2n) is 3.31. The van der Waals surface area contributed by atoms with Crippen LogP contribution in [0.2, 0.25) is 0 Å². The number of ether oxygens (including phenoxy) is 1. The summed E-state index contributed by atoms with van der Waals surface area (Å²) in [6.45, 7) is 0.399. The molecule has 1 aliphatic heterocycles. The summed E-state index contributed by atoms with van der Waals surface area (Å²) in [4.78, 5) is 11.3. The van der Waals surface area contributed by atoms with Crippen LogP contribution in [-0.2, 0) is 11.2 Å². The van der Waals surface area contributed by atoms with E-state index in [1.165, 1.54) is 0 Å². The van der Waals surface area contributed by atoms with E-state index in [4.69, 9.17) is 10.00 Å². The summed E-state index contributed by atoms with van der Waals surface area (Å²) in [6.07, 6.45) is 0.700. The lowest BCUT2D eigenvalue weighted by Gasteiger charge is -2.07. The molecule has 0 radical (unpaired) electrons. The molecular formula is C11H10N2O2. The van der Waals surface area contributed by atoms with Crippen LogP contribution in [-0.4, -0.2) is 12.5 Å². The van der Waals surface area contributed by atoms with Crippen LogP contribution in [0.4, 0.5) is 5.69 Å². The number of nitrogens with one attached hydrogen (secondary N) is 1. The predicted molar refractivity (Wildman–Crippen MR) is 54.5 cm³/mol. The first kappa shape index (κ1) is 9.53. The van der Waals surface area contributed by atoms with Gasteiger partial charge < -0.3 is 10.1 Å². The predicted octanol–water partition coefficient (Wildman–Crippen LogP) is 1.47. The van der Waals surface area contributed by atoms with Gasteiger partial charge in [-0.15, -0.1) is 0 Å². The molecule has 1 aliphatic rings. The van der Waals surface area contributed by atoms with Crippen LogP contribution < -0.4 is 10.1 Å². The molecule has 0 bridgehead atoms. The normalized spacial score (nSPS) is 14.2. The number of rotatable bonds is 1. The van der Waals surface area contributed by atoms with Crippen molar-refractivity contribution in [3.63, 3.8) is 0 Å². The number of carbonyl (C=O) groups excluding carboxylic acids is 1. The number of benzene rings is 1. The number of fused-ring (bicyclic) bond motifs is 1. The average Bonchev–Trinajstić information content (AvgIpc) is 2.38. The molecule has 0 spiro atoms. The van der Waals surface area contributed by atoms with Gasteiger partial charge in [0.05, 0.1) is 31.2 Å². The lowest BCUT2D eigenvalue weighted by molar-refractivity contribution is -0.116. The van der Waals surface area contributed by atoms with Gasteiger partial charge in [0.1, 0.15) is 5.75 Å². The summed E-state index contributed by atoms with van der Waals surface area (Å²) >= 11 is 0. The molecule has 0 atom stereocenters. The fraction of sp³-hybridized carbons (Fsp3) is 0.273. The van der Waals surface area contributed by atoms with Crippen molar-refractivity contribution in [1.29, 1.82) is 5.26 Å². The number of nitriles is 1. The first-order chi connectivity index (χ1) is 7.29. The van der Waals surface area contributed by atoms with Crippen LogP contribution in [0.25, 0.3) is 0 Å². The molecule has 1 aromatic rings. The highest BCUT2D eigenvalue weighted by Crippen LogP contribution is 2.28. The van der Waals surface area contributed by atoms with E-state index in [-0.39, 0.29) is 5.91 Å². The molecule has 2 rings (SSSR count). The van der Waals surface area contributed by atoms with Gasteiger partial charge in [0, 0.05) is 0 Å². The molecule has 15 heavy (non-hydrogen) atoms. The second kappa shape index (κ2) is 4.01. The molecule has 0 aliphatic carbocycles. The topological polar surface area (TPSA) is 62.1 Å². The summed E-state index contributed by atoms with van der Waals surface area (Å²) in [5.74, 6) is 0.616. The smallest absolute Gasteiger partial charge is 0.227 e. The zero-order valence-electron chi connectivity index (χ0n) is 8.12. The van der Waals surface area contributed by atoms with Crippen LogP contribution in [0.5, 0.6) is 5.75 Å². The highest BCUT2D eigenvalue weighted by molar-refractivity contribution is 5.93. The van der Waals surface area contributed by atoms with Crippen molar-refractivity contribution in [1.82, 2.24) is 0 Å². The minimum absolute atomic E-state index is 0.0529. The standard InChI is InChI=1S/C11H10N2O2/c12-5-3-8-1-2-10-9(7-8)13-11(14)4-6-15-10/h1-2,7H,3-4,6H2,(H,13,14). The SMILES string of the molecule is N#CCc1ccc2c(c1)NC(=O)CCO2. The third-order valence-corrected chi connectivity index (χ3v) is 2.19. The molecule has 1 aromatic carbocycles. The molecule has 0 aromatic heterocycles. The van der Waals surface area contributed by atoms with Gasteiger partial charge >= 0.3 is 0 Å². The molecule has 0 saturated heterocycles. The van der Waals surface area contributed by atoms with Gasteiger partial charge in [0.25, 0.3) is 0 Å². The van der Waals surface area contributed by atoms with Crippen molar-refractivity contribution < 1.29 is 9.53 Å². The van der Waals surface area contributed by atoms with E-state index in [1.54, 1.807) is 12.1 Å². The Morgan fingerprint density at radius 3 is 3.20 bits per heavy atom. The molecule has 4 heteroatoms. The summed E-state index contributed by atoms with van der Waals surface area (Å²) in [7, 11) is 0. The summed E-state index contributed by atoms with van der Waals surface area (Å²) < 4.78 is 5.39. The van der Waals surface area contributed by atoms with Crippen molar-refractivity contribution in [3.05, 3.63) is 23.8 Å². The Bertz CT molecular complexity index is 435. The maximum Gasteiger partial charge on any atom is 0.227 e. The van der Waals surface area contributed by atoms with Crippen molar-refractivity contribution in [2.75, 3.05) is 11.9 Å². The number of hydrogen-bond acceptors (Lipinski definition) is 3. The number of amides is 1. The molecule has 1 amide bonds. The van der Waals surface area contributed by atoms with Crippen molar-refractivity contribution >= 4 is 11.6 Å². The fourth-order valence-corrected chi connectivity index (χ4v) is 1.47. The highest BCUT2D eigenvalue weighted by atomic mass is 16.5. The van der Waals surface area contributed by atoms with Crippen molar-refractivity contribution in [3.8, 4) is 11.8 Å². The third-order valence-electron chi connectivity index (χ3n) is 2.19. The summed E-state index contributed by atoms with van der Waals surface area (Å²) in [6, 6.07) is 7.46. The average molecular weight is 202 g/mol. The van der Waals surface area contributed by atoms with Gasteiger partial charge in [-0.2, -0.15) is 5.26 Å². The third kappa shape index (κ3) is 2.08. The van der Waals surface area contributed by atoms with Gasteiger partial charge in [-0.3, -0.25) is 4.79 Å². The summed E-state index contributed by atoms with van der Waals surface area (Å²) in [5.41, 5.74) is 1.53. The van der Waals surface area contributed by atoms with E-state index in [1.807, 2.05) is 6.07 Å². The Morgan fingerprint density at radius 2 is 2.40 bits per heavy atom. The number of nitrogens with zero attached hydrogens (tertiary/aromatic N) is 1. The lowest BCUT2D eigenvalue weighted by atomic mass is 10.1. The highest BCUT2D eigenvalue weighted by Gasteiger charge is 2.13. The van der Waals surface area contributed by atoms with E-state index < -0.39 is 0 Å². The van der Waals surface area contributed by atoms with Gasteiger partial charge in [0.15, 0.2) is 0 Å². The number of carbonyl (C=O) groups is 1. The quantitative estimate of drug-likeness (QED) is 0.750. The van der Waals surface area contributed by atoms with E-state index in [0.29, 0.717) is 30.9 Å². The monoisotopic (exact) mass is 202 g/mol. The Hall–Kier alpha value is -2.02. The van der Waals surface area contributed by atoms with Gasteiger partial charge in [-0.1, -0.05) is 6.07 Å². The van der Waals surface area contributed by atoms with Crippen molar-refractivity contribution in [2.24, 2.45) is 0 Å². The zero-order chi connectivity index (χ0) is 10.7. The Balaban J connectivity index is 2.33. The van der Waals surface area contributed by atoms with E-state index in [9.17, 15) is 4.79 Å². The van der Waals surface area contributed by atoms with Gasteiger partial charge in [-0.05, 0) is 17.7 Å². The Labute approximate surface area is 87.5 Å². The molecule has 0 saturated carbocycles. The van der Waals surface area contributed by atoms with Crippen LogP contribution in [0.3, 0.4) is 0 Å². The van der Waals surface area contributed by atoms with Crippen LogP contribution in [0, 0.1) is 11.3 Å². The number of anilines is 1. The van der Waals surface area contributed by atoms with Crippen molar-refractivity contribution in [2.45, 2.75) is 12.8 Å². The largest absolute Gasteiger partial charge is 0.491 e. The fourth-order valence-electron chi connectivity index (χ4n) is 1.47. The molecule has 0 fully saturated rings. The molecule has 76 valence electrons. The first-order valence-corrected chi connectivity index (χ1v) is 4.72. The Morgan fingerprint density at radius 1 is 1.53 bits per heavy atom. The lowest BCUT2D eigenvalue weighted by Crippen LogP contribution is -2.10. The van der Waals surface area contributed by atoms with E-state index in [0.717, 1.165) is 5.56 Å². The van der Waals surface area contributed by atoms with E-state index >= 15 is 0 Å². The van der Waals surface area contributed by atoms with E-state index in [2.05, 4.69) is 11.4 Å². The first-order valence-electron chi connectivity index (χ1n) is 4.72. The van der Waals surface area contributed by atoms with Crippen LogP contribution >= 0.6 is 0 Å². The molecular weight excluding hydrogens is 192 g/mol. The minimum Gasteiger partial charge on any atom is -0.491 e. The molecule has 4 nitrogen and oxygen atoms in total. The van der Waals surface area contributed by atoms with Crippen LogP contribution in [0.1, 0.15) is 12.0 Å².